The number of hydrogen-bond acceptors (Lipinski definition) is 4. The van der Waals surface area contributed by atoms with Crippen molar-refractivity contribution in [3.63, 3.8) is 0 Å². The minimum atomic E-state index is 0.444. The molecule has 4 nitrogen and oxygen atoms in total. The van der Waals surface area contributed by atoms with E-state index in [4.69, 9.17) is 0 Å². The van der Waals surface area contributed by atoms with Gasteiger partial charge in [0, 0.05) is 74.7 Å². The fourth-order valence-electron chi connectivity index (χ4n) is 11.1. The lowest BCUT2D eigenvalue weighted by atomic mass is 9.81. The Balaban J connectivity index is 1.27. The van der Waals surface area contributed by atoms with Crippen LogP contribution in [-0.2, 0) is 0 Å². The molecule has 4 aromatic heterocycles. The van der Waals surface area contributed by atoms with E-state index in [9.17, 15) is 10.5 Å². The monoisotopic (exact) mass is 898 g/mol. The standard InChI is InChI=1S/C62H34N4S2/c63-35-48-55(37-17-3-1-4-18-37)49(36-64)58(56(38-19-5-2-6-20-38)57(48)47-25-9-14-28-52(47)65-50-26-12-7-21-39(50)40-22-8-13-27-51(40)65)66-59-43(31-33-45-41-23-10-15-29-53(41)67-61(45)59)44-32-34-46-42-24-11-16-30-54(42)68-62(46)60(44)66/h1-34H. The van der Waals surface area contributed by atoms with Gasteiger partial charge in [0.15, 0.2) is 0 Å². The summed E-state index contributed by atoms with van der Waals surface area (Å²) in [6.45, 7) is 0. The van der Waals surface area contributed by atoms with Crippen LogP contribution in [0.2, 0.25) is 0 Å². The summed E-state index contributed by atoms with van der Waals surface area (Å²) >= 11 is 3.59. The molecule has 68 heavy (non-hydrogen) atoms. The van der Waals surface area contributed by atoms with E-state index in [2.05, 4.69) is 191 Å². The number of nitriles is 2. The highest BCUT2D eigenvalue weighted by Gasteiger charge is 2.32. The molecule has 0 saturated carbocycles. The Morgan fingerprint density at radius 1 is 0.338 bits per heavy atom. The van der Waals surface area contributed by atoms with Gasteiger partial charge in [0.1, 0.15) is 12.1 Å². The summed E-state index contributed by atoms with van der Waals surface area (Å²) in [5.41, 5.74) is 11.6. The summed E-state index contributed by atoms with van der Waals surface area (Å²) in [4.78, 5) is 0. The van der Waals surface area contributed by atoms with E-state index < -0.39 is 0 Å². The maximum absolute atomic E-state index is 12.1. The van der Waals surface area contributed by atoms with Crippen molar-refractivity contribution in [3.05, 3.63) is 217 Å². The molecule has 0 unspecified atom stereocenters. The quantitative estimate of drug-likeness (QED) is 0.173. The van der Waals surface area contributed by atoms with Crippen LogP contribution in [0.1, 0.15) is 11.1 Å². The van der Waals surface area contributed by atoms with Crippen LogP contribution in [0, 0.1) is 22.7 Å². The number of aromatic nitrogens is 2. The maximum Gasteiger partial charge on any atom is 0.102 e. The lowest BCUT2D eigenvalue weighted by Gasteiger charge is -2.26. The van der Waals surface area contributed by atoms with Gasteiger partial charge in [0.2, 0.25) is 0 Å². The molecule has 314 valence electrons. The molecule has 0 saturated heterocycles. The average molecular weight is 899 g/mol. The number of hydrogen-bond donors (Lipinski definition) is 0. The van der Waals surface area contributed by atoms with E-state index in [1.165, 1.54) is 30.9 Å². The molecule has 0 bridgehead atoms. The fourth-order valence-corrected chi connectivity index (χ4v) is 13.5. The summed E-state index contributed by atoms with van der Waals surface area (Å²) < 4.78 is 9.48. The molecule has 0 aliphatic rings. The zero-order valence-electron chi connectivity index (χ0n) is 36.2. The summed E-state index contributed by atoms with van der Waals surface area (Å²) in [6.07, 6.45) is 0. The summed E-state index contributed by atoms with van der Waals surface area (Å²) in [5.74, 6) is 0. The van der Waals surface area contributed by atoms with Crippen LogP contribution < -0.4 is 0 Å². The first-order chi connectivity index (χ1) is 33.7. The minimum absolute atomic E-state index is 0.444. The van der Waals surface area contributed by atoms with E-state index in [0.29, 0.717) is 16.7 Å². The van der Waals surface area contributed by atoms with Gasteiger partial charge in [-0.15, -0.1) is 22.7 Å². The first kappa shape index (κ1) is 38.5. The van der Waals surface area contributed by atoms with Crippen molar-refractivity contribution in [2.45, 2.75) is 0 Å². The minimum Gasteiger partial charge on any atom is -0.309 e. The zero-order chi connectivity index (χ0) is 45.0. The van der Waals surface area contributed by atoms with Gasteiger partial charge in [0.25, 0.3) is 0 Å². The Morgan fingerprint density at radius 3 is 1.32 bits per heavy atom. The van der Waals surface area contributed by atoms with Crippen LogP contribution >= 0.6 is 22.7 Å². The smallest absolute Gasteiger partial charge is 0.102 e. The van der Waals surface area contributed by atoms with Gasteiger partial charge in [-0.1, -0.05) is 176 Å². The molecule has 0 spiro atoms. The third kappa shape index (κ3) is 5.33. The molecule has 0 amide bonds. The van der Waals surface area contributed by atoms with Gasteiger partial charge in [-0.05, 0) is 41.5 Å². The Kier molecular flexibility index (Phi) is 8.42. The molecule has 6 heteroatoms. The van der Waals surface area contributed by atoms with Crippen molar-refractivity contribution in [2.24, 2.45) is 0 Å². The van der Waals surface area contributed by atoms with Gasteiger partial charge >= 0.3 is 0 Å². The molecule has 0 N–H and O–H groups in total. The molecular weight excluding hydrogens is 865 g/mol. The van der Waals surface area contributed by atoms with Gasteiger partial charge in [0.05, 0.1) is 54.0 Å². The number of nitrogens with zero attached hydrogens (tertiary/aromatic N) is 4. The molecule has 0 aliphatic carbocycles. The highest BCUT2D eigenvalue weighted by atomic mass is 32.1. The third-order valence-electron chi connectivity index (χ3n) is 13.8. The van der Waals surface area contributed by atoms with Crippen LogP contribution in [0.15, 0.2) is 206 Å². The molecule has 14 aromatic rings. The Labute approximate surface area is 398 Å². The van der Waals surface area contributed by atoms with Gasteiger partial charge in [-0.25, -0.2) is 0 Å². The highest BCUT2D eigenvalue weighted by molar-refractivity contribution is 7.27. The van der Waals surface area contributed by atoms with E-state index in [1.54, 1.807) is 22.7 Å². The van der Waals surface area contributed by atoms with Crippen LogP contribution in [0.4, 0.5) is 0 Å². The second-order valence-corrected chi connectivity index (χ2v) is 19.4. The fraction of sp³-hybridized carbons (Fsp3) is 0. The number of thiophene rings is 2. The predicted molar refractivity (Wildman–Crippen MR) is 287 cm³/mol. The van der Waals surface area contributed by atoms with Gasteiger partial charge in [-0.3, -0.25) is 0 Å². The van der Waals surface area contributed by atoms with Crippen LogP contribution in [0.25, 0.3) is 129 Å². The topological polar surface area (TPSA) is 57.4 Å². The van der Waals surface area contributed by atoms with E-state index >= 15 is 0 Å². The number of fused-ring (bicyclic) bond motifs is 14. The van der Waals surface area contributed by atoms with Gasteiger partial charge < -0.3 is 9.13 Å². The van der Waals surface area contributed by atoms with Crippen molar-refractivity contribution in [1.82, 2.24) is 9.13 Å². The van der Waals surface area contributed by atoms with Crippen LogP contribution in [0.3, 0.4) is 0 Å². The number of para-hydroxylation sites is 3. The summed E-state index contributed by atoms with van der Waals surface area (Å²) in [6, 6.07) is 78.1. The largest absolute Gasteiger partial charge is 0.309 e. The Hall–Kier alpha value is -8.78. The van der Waals surface area contributed by atoms with E-state index in [0.717, 1.165) is 92.2 Å². The van der Waals surface area contributed by atoms with Crippen LogP contribution in [-0.4, -0.2) is 9.13 Å². The first-order valence-electron chi connectivity index (χ1n) is 22.6. The Morgan fingerprint density at radius 2 is 0.779 bits per heavy atom. The predicted octanol–water partition coefficient (Wildman–Crippen LogP) is 17.4. The van der Waals surface area contributed by atoms with Crippen molar-refractivity contribution >= 4 is 107 Å². The van der Waals surface area contributed by atoms with Crippen molar-refractivity contribution in [2.75, 3.05) is 0 Å². The third-order valence-corrected chi connectivity index (χ3v) is 16.2. The lowest BCUT2D eigenvalue weighted by Crippen LogP contribution is -2.09. The van der Waals surface area contributed by atoms with E-state index in [1.807, 2.05) is 36.4 Å². The second kappa shape index (κ2) is 14.9. The number of rotatable bonds is 5. The lowest BCUT2D eigenvalue weighted by molar-refractivity contribution is 1.17. The van der Waals surface area contributed by atoms with Crippen molar-refractivity contribution in [1.29, 1.82) is 10.5 Å². The molecule has 0 fully saturated rings. The summed E-state index contributed by atoms with van der Waals surface area (Å²) in [5, 5.41) is 33.3. The molecule has 0 atom stereocenters. The molecular formula is C62H34N4S2. The number of benzene rings is 10. The Bertz CT molecular complexity index is 4330. The van der Waals surface area contributed by atoms with Crippen LogP contribution in [0.5, 0.6) is 0 Å². The summed E-state index contributed by atoms with van der Waals surface area (Å²) in [7, 11) is 0. The molecule has 4 heterocycles. The van der Waals surface area contributed by atoms with E-state index in [-0.39, 0.29) is 0 Å². The molecule has 10 aromatic carbocycles. The van der Waals surface area contributed by atoms with Crippen molar-refractivity contribution in [3.8, 4) is 56.9 Å². The van der Waals surface area contributed by atoms with Crippen molar-refractivity contribution < 1.29 is 0 Å². The SMILES string of the molecule is N#Cc1c(-c2ccccc2)c(C#N)c(-n2c3c(ccc4c5ccccc5sc43)c3ccc4c5ccccc5sc4c32)c(-c2ccccc2)c1-c1ccccc1-n1c2ccccc2c2ccccc21. The average Bonchev–Trinajstić information content (AvgIpc) is 4.16. The first-order valence-corrected chi connectivity index (χ1v) is 24.3. The highest BCUT2D eigenvalue weighted by Crippen LogP contribution is 2.53. The molecule has 14 rings (SSSR count). The normalized spacial score (nSPS) is 11.8. The maximum atomic E-state index is 12.1. The zero-order valence-corrected chi connectivity index (χ0v) is 37.9. The molecule has 0 aliphatic heterocycles. The molecule has 0 radical (unpaired) electrons. The second-order valence-electron chi connectivity index (χ2n) is 17.3. The van der Waals surface area contributed by atoms with Gasteiger partial charge in [-0.2, -0.15) is 10.5 Å².